The van der Waals surface area contributed by atoms with E-state index < -0.39 is 81.0 Å². The molecule has 7 rings (SSSR count). The molecule has 0 N–H and O–H groups in total. The molecule has 50 heavy (non-hydrogen) atoms. The second-order valence-electron chi connectivity index (χ2n) is 10.4. The van der Waals surface area contributed by atoms with Crippen molar-refractivity contribution in [3.63, 3.8) is 0 Å². The molecule has 0 radical (unpaired) electrons. The second kappa shape index (κ2) is 11.2. The Morgan fingerprint density at radius 2 is 0.920 bits per heavy atom. The van der Waals surface area contributed by atoms with Gasteiger partial charge in [-0.05, 0) is 11.1 Å². The van der Waals surface area contributed by atoms with Gasteiger partial charge in [-0.3, -0.25) is 9.97 Å². The Bertz CT molecular complexity index is 2520. The monoisotopic (exact) mass is 682 g/mol. The summed E-state index contributed by atoms with van der Waals surface area (Å²) in [6.45, 7) is 15.5. The summed E-state index contributed by atoms with van der Waals surface area (Å²) >= 11 is 0. The molecule has 5 aromatic rings. The van der Waals surface area contributed by atoms with Crippen molar-refractivity contribution in [3.8, 4) is 57.2 Å². The number of pyridine rings is 2. The predicted octanol–water partition coefficient (Wildman–Crippen LogP) is 4.75. The Labute approximate surface area is 272 Å². The first kappa shape index (κ1) is 31.4. The van der Waals surface area contributed by atoms with Crippen LogP contribution in [0.4, 0.5) is 35.1 Å². The molecule has 18 heteroatoms. The fourth-order valence-electron chi connectivity index (χ4n) is 6.02. The van der Waals surface area contributed by atoms with Gasteiger partial charge in [0.1, 0.15) is 0 Å². The highest BCUT2D eigenvalue weighted by Gasteiger charge is 2.36. The summed E-state index contributed by atoms with van der Waals surface area (Å²) in [4.78, 5) is 28.3. The lowest BCUT2D eigenvalue weighted by molar-refractivity contribution is 0.410. The van der Waals surface area contributed by atoms with Gasteiger partial charge in [-0.15, -0.1) is 0 Å². The summed E-state index contributed by atoms with van der Waals surface area (Å²) in [7, 11) is 0. The molecule has 240 valence electrons. The van der Waals surface area contributed by atoms with Gasteiger partial charge < -0.3 is 0 Å². The van der Waals surface area contributed by atoms with Gasteiger partial charge in [0.05, 0.1) is 83.0 Å². The van der Waals surface area contributed by atoms with Crippen molar-refractivity contribution < 1.29 is 35.1 Å². The molecular weight excluding hydrogens is 676 g/mol. The molecule has 0 bridgehead atoms. The lowest BCUT2D eigenvalue weighted by Gasteiger charge is -2.13. The van der Waals surface area contributed by atoms with Crippen molar-refractivity contribution in [1.29, 1.82) is 10.5 Å². The van der Waals surface area contributed by atoms with Gasteiger partial charge in [-0.1, -0.05) is 0 Å². The molecule has 2 aliphatic carbocycles. The van der Waals surface area contributed by atoms with E-state index >= 15 is 0 Å². The molecule has 2 aliphatic rings. The molecule has 0 aliphatic heterocycles. The van der Waals surface area contributed by atoms with Crippen LogP contribution < -0.4 is 10.4 Å². The second-order valence-corrected chi connectivity index (χ2v) is 10.4. The summed E-state index contributed by atoms with van der Waals surface area (Å²) in [5.41, 5.74) is -5.87. The molecule has 1 aromatic carbocycles. The highest BCUT2D eigenvalue weighted by Crippen LogP contribution is 2.40. The molecule has 0 spiro atoms. The van der Waals surface area contributed by atoms with Crippen molar-refractivity contribution in [2.45, 2.75) is 12.8 Å². The first-order valence-electron chi connectivity index (χ1n) is 13.6. The normalized spacial score (nSPS) is 11.8. The number of benzene rings is 1. The third-order valence-electron chi connectivity index (χ3n) is 7.98. The van der Waals surface area contributed by atoms with E-state index in [2.05, 4.69) is 39.6 Å². The molecule has 0 unspecified atom stereocenters. The Morgan fingerprint density at radius 1 is 0.560 bits per heavy atom. The Balaban J connectivity index is 1.65. The van der Waals surface area contributed by atoms with Gasteiger partial charge in [0.15, 0.2) is 23.3 Å². The predicted molar refractivity (Wildman–Crippen MR) is 151 cm³/mol. The molecule has 0 amide bonds. The first-order valence-corrected chi connectivity index (χ1v) is 13.6. The minimum atomic E-state index is -1.99. The van der Waals surface area contributed by atoms with E-state index in [4.69, 9.17) is 13.1 Å². The highest BCUT2D eigenvalue weighted by molar-refractivity contribution is 5.91. The van der Waals surface area contributed by atoms with Crippen molar-refractivity contribution in [2.75, 3.05) is 0 Å². The molecule has 4 aromatic heterocycles. The molecule has 4 heterocycles. The van der Waals surface area contributed by atoms with Crippen LogP contribution in [0.2, 0.25) is 0 Å². The van der Waals surface area contributed by atoms with Gasteiger partial charge in [-0.25, -0.2) is 47.7 Å². The maximum atomic E-state index is 14.8. The standard InChI is InChI=1S/C32H6F8N10/c1-43-13(5-41)17-9-3-11-27(47-15(7-45-11)21-23(33)29(37)49-30(38)24(21)34)18(9)20(14(6-42)44-2)19-10(17)4-12-28(19)48-16(8-46-12)22-25(35)31(39)50-32(40)26(22)36/h7-8H,3-4H2. The van der Waals surface area contributed by atoms with Crippen molar-refractivity contribution >= 4 is 11.4 Å². The van der Waals surface area contributed by atoms with Crippen LogP contribution in [0.5, 0.6) is 0 Å². The van der Waals surface area contributed by atoms with Crippen LogP contribution in [0.3, 0.4) is 0 Å². The van der Waals surface area contributed by atoms with E-state index in [0.717, 1.165) is 12.4 Å². The average Bonchev–Trinajstić information content (AvgIpc) is 3.66. The summed E-state index contributed by atoms with van der Waals surface area (Å²) in [6.07, 6.45) is 1.14. The molecule has 0 fully saturated rings. The lowest BCUT2D eigenvalue weighted by Crippen LogP contribution is -2.26. The van der Waals surface area contributed by atoms with E-state index in [1.54, 1.807) is 12.1 Å². The minimum absolute atomic E-state index is 0.0298. The van der Waals surface area contributed by atoms with E-state index in [0.29, 0.717) is 0 Å². The Hall–Kier alpha value is -7.18. The summed E-state index contributed by atoms with van der Waals surface area (Å²) < 4.78 is 115. The van der Waals surface area contributed by atoms with Crippen molar-refractivity contribution in [1.82, 2.24) is 29.9 Å². The van der Waals surface area contributed by atoms with E-state index in [-0.39, 0.29) is 68.3 Å². The Kier molecular flexibility index (Phi) is 7.05. The van der Waals surface area contributed by atoms with Crippen LogP contribution in [-0.2, 0) is 12.8 Å². The van der Waals surface area contributed by atoms with Crippen molar-refractivity contribution in [3.05, 3.63) is 115 Å². The zero-order chi connectivity index (χ0) is 35.8. The number of fused-ring (bicyclic) bond motifs is 6. The zero-order valence-electron chi connectivity index (χ0n) is 24.1. The number of hydrogen-bond donors (Lipinski definition) is 0. The number of nitriles is 2. The quantitative estimate of drug-likeness (QED) is 0.145. The maximum absolute atomic E-state index is 14.8. The topological polar surface area (TPSA) is 134 Å². The molecule has 0 saturated heterocycles. The SMILES string of the molecule is [C-]#[N+]C(C#N)=c1c2c(c(=C(C#N)[N+]#[C-])c3c1Cc1ncc(-c4c(F)c(F)nc(F)c4F)nc1-3)-c1nc(-c3c(F)c(F)nc(F)c3F)cnc1C2. The first-order chi connectivity index (χ1) is 23.9. The van der Waals surface area contributed by atoms with E-state index in [1.807, 2.05) is 0 Å². The van der Waals surface area contributed by atoms with Gasteiger partial charge >= 0.3 is 0 Å². The van der Waals surface area contributed by atoms with E-state index in [1.165, 1.54) is 0 Å². The Morgan fingerprint density at radius 3 is 1.26 bits per heavy atom. The smallest absolute Gasteiger partial charge is 0.256 e. The number of aromatic nitrogens is 6. The maximum Gasteiger partial charge on any atom is 0.270 e. The largest absolute Gasteiger partial charge is 0.270 e. The van der Waals surface area contributed by atoms with Crippen LogP contribution in [0.15, 0.2) is 12.4 Å². The molecule has 0 saturated carbocycles. The average molecular weight is 682 g/mol. The zero-order valence-corrected chi connectivity index (χ0v) is 24.1. The summed E-state index contributed by atoms with van der Waals surface area (Å²) in [5.74, 6) is -15.6. The van der Waals surface area contributed by atoms with Gasteiger partial charge in [0.2, 0.25) is 0 Å². The number of halogens is 8. The third kappa shape index (κ3) is 4.29. The van der Waals surface area contributed by atoms with Crippen LogP contribution in [0.1, 0.15) is 22.5 Å². The van der Waals surface area contributed by atoms with Crippen LogP contribution in [-0.4, -0.2) is 29.9 Å². The fraction of sp³-hybridized carbons (Fsp3) is 0.0625. The highest BCUT2D eigenvalue weighted by atomic mass is 19.2. The molecule has 10 nitrogen and oxygen atoms in total. The molecular formula is C32H6F8N10. The van der Waals surface area contributed by atoms with E-state index in [9.17, 15) is 45.6 Å². The fourth-order valence-corrected chi connectivity index (χ4v) is 6.02. The van der Waals surface area contributed by atoms with Crippen LogP contribution >= 0.6 is 0 Å². The van der Waals surface area contributed by atoms with Crippen LogP contribution in [0, 0.1) is 82.9 Å². The summed E-state index contributed by atoms with van der Waals surface area (Å²) in [6, 6.07) is 3.46. The van der Waals surface area contributed by atoms with Crippen molar-refractivity contribution in [2.24, 2.45) is 0 Å². The van der Waals surface area contributed by atoms with Gasteiger partial charge in [-0.2, -0.15) is 27.5 Å². The third-order valence-corrected chi connectivity index (χ3v) is 7.98. The minimum Gasteiger partial charge on any atom is -0.256 e. The van der Waals surface area contributed by atoms with Gasteiger partial charge in [0, 0.05) is 34.4 Å². The number of nitrogens with zero attached hydrogens (tertiary/aromatic N) is 10. The molecule has 0 atom stereocenters. The van der Waals surface area contributed by atoms with Gasteiger partial charge in [0.25, 0.3) is 35.2 Å². The number of rotatable bonds is 2. The van der Waals surface area contributed by atoms with Crippen LogP contribution in [0.25, 0.3) is 66.1 Å². The number of hydrogen-bond acceptors (Lipinski definition) is 8. The lowest BCUT2D eigenvalue weighted by atomic mass is 9.92. The summed E-state index contributed by atoms with van der Waals surface area (Å²) in [5, 5.41) is 19.7.